The van der Waals surface area contributed by atoms with Crippen LogP contribution in [0.5, 0.6) is 0 Å². The Bertz CT molecular complexity index is 685. The maximum atomic E-state index is 11.2. The summed E-state index contributed by atoms with van der Waals surface area (Å²) in [4.78, 5) is 24.4. The highest BCUT2D eigenvalue weighted by molar-refractivity contribution is 7.18. The van der Waals surface area contributed by atoms with Gasteiger partial charge >= 0.3 is 0 Å². The number of aryl methyl sites for hydroxylation is 1. The summed E-state index contributed by atoms with van der Waals surface area (Å²) < 4.78 is 0. The number of carbonyl (C=O) groups excluding carboxylic acids is 1. The van der Waals surface area contributed by atoms with E-state index in [1.807, 2.05) is 0 Å². The molecule has 1 aliphatic rings. The van der Waals surface area contributed by atoms with Gasteiger partial charge in [-0.2, -0.15) is 4.98 Å². The van der Waals surface area contributed by atoms with Gasteiger partial charge in [-0.3, -0.25) is 10.2 Å². The van der Waals surface area contributed by atoms with E-state index < -0.39 is 0 Å². The number of nitrogens with zero attached hydrogens (tertiary/aromatic N) is 3. The van der Waals surface area contributed by atoms with Crippen molar-refractivity contribution in [1.29, 1.82) is 0 Å². The molecule has 3 rings (SSSR count). The van der Waals surface area contributed by atoms with Crippen LogP contribution in [-0.4, -0.2) is 35.0 Å². The van der Waals surface area contributed by atoms with Gasteiger partial charge in [-0.15, -0.1) is 11.3 Å². The Kier molecular flexibility index (Phi) is 3.64. The summed E-state index contributed by atoms with van der Waals surface area (Å²) in [5.41, 5.74) is 2.52. The number of nitrogens with two attached hydrogens (primary N) is 1. The third kappa shape index (κ3) is 2.77. The van der Waals surface area contributed by atoms with E-state index in [1.54, 1.807) is 18.3 Å². The van der Waals surface area contributed by atoms with Crippen LogP contribution in [0.4, 0.5) is 11.8 Å². The van der Waals surface area contributed by atoms with Crippen LogP contribution in [0.15, 0.2) is 6.07 Å². The first kappa shape index (κ1) is 14.0. The molecule has 112 valence electrons. The Labute approximate surface area is 126 Å². The Morgan fingerprint density at radius 2 is 2.33 bits per heavy atom. The summed E-state index contributed by atoms with van der Waals surface area (Å²) in [5, 5.41) is 4.00. The molecule has 8 heteroatoms. The molecular weight excluding hydrogens is 288 g/mol. The first-order valence-electron chi connectivity index (χ1n) is 6.83. The van der Waals surface area contributed by atoms with Crippen molar-refractivity contribution in [2.75, 3.05) is 23.4 Å². The molecule has 21 heavy (non-hydrogen) atoms. The topological polar surface area (TPSA) is 96.2 Å². The molecular formula is C13H18N6OS. The van der Waals surface area contributed by atoms with Crippen LogP contribution < -0.4 is 21.5 Å². The minimum Gasteiger partial charge on any atom is -0.354 e. The molecule has 1 fully saturated rings. The van der Waals surface area contributed by atoms with E-state index in [1.165, 1.54) is 4.88 Å². The predicted octanol–water partition coefficient (Wildman–Crippen LogP) is 1.00. The van der Waals surface area contributed by atoms with Gasteiger partial charge in [-0.05, 0) is 19.4 Å². The molecule has 2 aromatic heterocycles. The van der Waals surface area contributed by atoms with Crippen LogP contribution in [0.2, 0.25) is 0 Å². The average Bonchev–Trinajstić information content (AvgIpc) is 3.02. The number of rotatable bonds is 3. The number of carbonyl (C=O) groups is 1. The Morgan fingerprint density at radius 3 is 3.05 bits per heavy atom. The maximum absolute atomic E-state index is 11.2. The zero-order valence-electron chi connectivity index (χ0n) is 12.0. The number of thiophene rings is 1. The molecule has 2 aromatic rings. The Morgan fingerprint density at radius 1 is 1.52 bits per heavy atom. The van der Waals surface area contributed by atoms with Crippen molar-refractivity contribution in [2.45, 2.75) is 26.3 Å². The summed E-state index contributed by atoms with van der Waals surface area (Å²) in [6.07, 6.45) is 0.916. The number of hydrogen-bond acceptors (Lipinski definition) is 7. The zero-order chi connectivity index (χ0) is 15.0. The van der Waals surface area contributed by atoms with E-state index in [0.29, 0.717) is 5.95 Å². The van der Waals surface area contributed by atoms with Crippen LogP contribution in [0.1, 0.15) is 18.2 Å². The van der Waals surface area contributed by atoms with Crippen molar-refractivity contribution in [2.24, 2.45) is 5.84 Å². The van der Waals surface area contributed by atoms with E-state index in [9.17, 15) is 4.79 Å². The van der Waals surface area contributed by atoms with Gasteiger partial charge in [0.1, 0.15) is 10.6 Å². The van der Waals surface area contributed by atoms with Crippen molar-refractivity contribution in [3.63, 3.8) is 0 Å². The number of hydrogen-bond donors (Lipinski definition) is 3. The van der Waals surface area contributed by atoms with Crippen molar-refractivity contribution >= 4 is 39.2 Å². The monoisotopic (exact) mass is 306 g/mol. The molecule has 0 aliphatic carbocycles. The lowest BCUT2D eigenvalue weighted by Gasteiger charge is -2.19. The molecule has 1 aliphatic heterocycles. The average molecular weight is 306 g/mol. The van der Waals surface area contributed by atoms with Gasteiger partial charge in [0.2, 0.25) is 11.9 Å². The molecule has 3 heterocycles. The second kappa shape index (κ2) is 5.45. The lowest BCUT2D eigenvalue weighted by molar-refractivity contribution is -0.119. The van der Waals surface area contributed by atoms with E-state index in [0.717, 1.165) is 35.5 Å². The third-order valence-electron chi connectivity index (χ3n) is 3.52. The van der Waals surface area contributed by atoms with E-state index in [-0.39, 0.29) is 11.9 Å². The summed E-state index contributed by atoms with van der Waals surface area (Å²) in [6.45, 7) is 5.21. The first-order chi connectivity index (χ1) is 10.1. The lowest BCUT2D eigenvalue weighted by Crippen LogP contribution is -2.35. The molecule has 1 atom stereocenters. The molecule has 1 saturated heterocycles. The van der Waals surface area contributed by atoms with Gasteiger partial charge in [0, 0.05) is 30.9 Å². The molecule has 0 radical (unpaired) electrons. The maximum Gasteiger partial charge on any atom is 0.240 e. The number of nitrogen functional groups attached to an aromatic ring is 1. The van der Waals surface area contributed by atoms with Gasteiger partial charge in [0.05, 0.1) is 5.39 Å². The summed E-state index contributed by atoms with van der Waals surface area (Å²) in [6, 6.07) is 2.27. The van der Waals surface area contributed by atoms with E-state index in [2.05, 4.69) is 38.6 Å². The van der Waals surface area contributed by atoms with Crippen LogP contribution in [-0.2, 0) is 4.79 Å². The smallest absolute Gasteiger partial charge is 0.240 e. The van der Waals surface area contributed by atoms with Crippen molar-refractivity contribution in [1.82, 2.24) is 15.3 Å². The van der Waals surface area contributed by atoms with Crippen LogP contribution in [0, 0.1) is 6.92 Å². The normalized spacial score (nSPS) is 18.2. The standard InChI is InChI=1S/C13H18N6OS/c1-7-5-10-11(16-13(18-14)17-12(10)21-7)19-4-3-9(6-19)15-8(2)20/h5,9H,3-4,6,14H2,1-2H3,(H,15,20)(H,16,17,18). The molecule has 0 saturated carbocycles. The molecule has 1 amide bonds. The second-order valence-electron chi connectivity index (χ2n) is 5.22. The van der Waals surface area contributed by atoms with Crippen LogP contribution in [0.3, 0.4) is 0 Å². The lowest BCUT2D eigenvalue weighted by atomic mass is 10.2. The van der Waals surface area contributed by atoms with E-state index >= 15 is 0 Å². The zero-order valence-corrected chi connectivity index (χ0v) is 12.8. The number of amides is 1. The van der Waals surface area contributed by atoms with Gasteiger partial charge in [0.15, 0.2) is 0 Å². The largest absolute Gasteiger partial charge is 0.354 e. The third-order valence-corrected chi connectivity index (χ3v) is 4.46. The second-order valence-corrected chi connectivity index (χ2v) is 6.46. The fourth-order valence-electron chi connectivity index (χ4n) is 2.69. The van der Waals surface area contributed by atoms with Crippen molar-refractivity contribution in [3.05, 3.63) is 10.9 Å². The Balaban J connectivity index is 1.94. The van der Waals surface area contributed by atoms with Gasteiger partial charge in [0.25, 0.3) is 0 Å². The van der Waals surface area contributed by atoms with Crippen LogP contribution in [0.25, 0.3) is 10.2 Å². The molecule has 1 unspecified atom stereocenters. The highest BCUT2D eigenvalue weighted by Gasteiger charge is 2.26. The fraction of sp³-hybridized carbons (Fsp3) is 0.462. The van der Waals surface area contributed by atoms with Crippen molar-refractivity contribution < 1.29 is 4.79 Å². The predicted molar refractivity (Wildman–Crippen MR) is 84.4 cm³/mol. The Hall–Kier alpha value is -1.93. The van der Waals surface area contributed by atoms with Gasteiger partial charge < -0.3 is 10.2 Å². The number of fused-ring (bicyclic) bond motifs is 1. The minimum absolute atomic E-state index is 0.00498. The summed E-state index contributed by atoms with van der Waals surface area (Å²) in [5.74, 6) is 6.77. The number of hydrazine groups is 1. The molecule has 4 N–H and O–H groups in total. The first-order valence-corrected chi connectivity index (χ1v) is 7.65. The van der Waals surface area contributed by atoms with Gasteiger partial charge in [-0.1, -0.05) is 0 Å². The molecule has 0 spiro atoms. The highest BCUT2D eigenvalue weighted by Crippen LogP contribution is 2.33. The number of aromatic nitrogens is 2. The molecule has 7 nitrogen and oxygen atoms in total. The summed E-state index contributed by atoms with van der Waals surface area (Å²) >= 11 is 1.62. The minimum atomic E-state index is 0.00498. The van der Waals surface area contributed by atoms with Crippen molar-refractivity contribution in [3.8, 4) is 0 Å². The SMILES string of the molecule is CC(=O)NC1CCN(c2nc(NN)nc3sc(C)cc23)C1. The highest BCUT2D eigenvalue weighted by atomic mass is 32.1. The fourth-order valence-corrected chi connectivity index (χ4v) is 3.56. The molecule has 0 aromatic carbocycles. The summed E-state index contributed by atoms with van der Waals surface area (Å²) in [7, 11) is 0. The van der Waals surface area contributed by atoms with Crippen LogP contribution >= 0.6 is 11.3 Å². The quantitative estimate of drug-likeness (QED) is 0.578. The number of nitrogens with one attached hydrogen (secondary N) is 2. The molecule has 0 bridgehead atoms. The number of anilines is 2. The van der Waals surface area contributed by atoms with Gasteiger partial charge in [-0.25, -0.2) is 10.8 Å². The van der Waals surface area contributed by atoms with E-state index in [4.69, 9.17) is 5.84 Å².